The number of nitrogens with zero attached hydrogens (tertiary/aromatic N) is 4. The van der Waals surface area contributed by atoms with Gasteiger partial charge in [-0.15, -0.1) is 0 Å². The van der Waals surface area contributed by atoms with Gasteiger partial charge in [0.1, 0.15) is 28.4 Å². The first-order chi connectivity index (χ1) is 18.1. The number of aromatic nitrogens is 3. The van der Waals surface area contributed by atoms with E-state index in [4.69, 9.17) is 25.2 Å². The van der Waals surface area contributed by atoms with E-state index >= 15 is 0 Å². The van der Waals surface area contributed by atoms with E-state index in [-0.39, 0.29) is 17.3 Å². The Hall–Kier alpha value is -4.92. The molecule has 0 atom stereocenters. The summed E-state index contributed by atoms with van der Waals surface area (Å²) in [4.78, 5) is 22.8. The molecular weight excluding hydrogens is 468 g/mol. The van der Waals surface area contributed by atoms with Gasteiger partial charge in [0, 0.05) is 12.1 Å². The van der Waals surface area contributed by atoms with Crippen molar-refractivity contribution < 1.29 is 14.3 Å². The molecule has 0 bridgehead atoms. The number of nitrogens with one attached hydrogen (secondary N) is 1. The molecule has 0 radical (unpaired) electrons. The highest BCUT2D eigenvalue weighted by Crippen LogP contribution is 2.28. The van der Waals surface area contributed by atoms with Crippen LogP contribution in [0.25, 0.3) is 22.2 Å². The molecule has 0 fully saturated rings. The molecule has 9 nitrogen and oxygen atoms in total. The van der Waals surface area contributed by atoms with Gasteiger partial charge in [0.05, 0.1) is 31.5 Å². The molecule has 5 rings (SSSR count). The second kappa shape index (κ2) is 10.4. The van der Waals surface area contributed by atoms with Crippen molar-refractivity contribution in [2.24, 2.45) is 5.10 Å². The second-order valence-corrected chi connectivity index (χ2v) is 8.30. The van der Waals surface area contributed by atoms with Crippen LogP contribution in [-0.4, -0.2) is 47.5 Å². The van der Waals surface area contributed by atoms with Crippen molar-refractivity contribution >= 4 is 40.1 Å². The van der Waals surface area contributed by atoms with Crippen LogP contribution in [0.1, 0.15) is 21.5 Å². The Morgan fingerprint density at radius 3 is 2.41 bits per heavy atom. The van der Waals surface area contributed by atoms with Gasteiger partial charge in [0.2, 0.25) is 0 Å². The van der Waals surface area contributed by atoms with E-state index in [1.165, 1.54) is 4.68 Å². The Morgan fingerprint density at radius 1 is 0.973 bits per heavy atom. The Kier molecular flexibility index (Phi) is 6.67. The summed E-state index contributed by atoms with van der Waals surface area (Å²) >= 11 is 0. The molecule has 0 unspecified atom stereocenters. The number of methoxy groups -OCH3 is 2. The molecule has 3 aromatic carbocycles. The highest BCUT2D eigenvalue weighted by molar-refractivity contribution is 6.10. The zero-order valence-corrected chi connectivity index (χ0v) is 20.5. The zero-order valence-electron chi connectivity index (χ0n) is 20.5. The molecule has 0 saturated carbocycles. The number of benzene rings is 3. The smallest absolute Gasteiger partial charge is 0.257 e. The van der Waals surface area contributed by atoms with Crippen molar-refractivity contribution in [3.8, 4) is 11.5 Å². The molecule has 0 spiro atoms. The molecule has 5 aromatic rings. The molecule has 186 valence electrons. The van der Waals surface area contributed by atoms with Crippen LogP contribution in [-0.2, 0) is 6.42 Å². The molecule has 2 heterocycles. The summed E-state index contributed by atoms with van der Waals surface area (Å²) in [5.74, 6) is 1.26. The lowest BCUT2D eigenvalue weighted by Gasteiger charge is -2.07. The molecule has 0 aliphatic rings. The highest BCUT2D eigenvalue weighted by atomic mass is 16.5. The predicted molar refractivity (Wildman–Crippen MR) is 144 cm³/mol. The van der Waals surface area contributed by atoms with Crippen molar-refractivity contribution in [1.29, 1.82) is 0 Å². The topological polar surface area (TPSA) is 117 Å². The average molecular weight is 495 g/mol. The van der Waals surface area contributed by atoms with Gasteiger partial charge in [-0.2, -0.15) is 9.78 Å². The summed E-state index contributed by atoms with van der Waals surface area (Å²) < 4.78 is 12.1. The number of carbonyl (C=O) groups excluding carboxylic acids is 1. The van der Waals surface area contributed by atoms with E-state index in [1.54, 1.807) is 20.4 Å². The third kappa shape index (κ3) is 4.79. The van der Waals surface area contributed by atoms with E-state index in [1.807, 2.05) is 72.8 Å². The Morgan fingerprint density at radius 2 is 1.68 bits per heavy atom. The number of rotatable bonds is 8. The summed E-state index contributed by atoms with van der Waals surface area (Å²) in [6.45, 7) is 0.419. The summed E-state index contributed by atoms with van der Waals surface area (Å²) in [6, 6.07) is 22.6. The first-order valence-corrected chi connectivity index (χ1v) is 11.7. The van der Waals surface area contributed by atoms with E-state index < -0.39 is 0 Å². The van der Waals surface area contributed by atoms with Crippen LogP contribution in [0, 0.1) is 0 Å². The fourth-order valence-corrected chi connectivity index (χ4v) is 4.08. The van der Waals surface area contributed by atoms with E-state index in [2.05, 4.69) is 10.4 Å². The molecule has 37 heavy (non-hydrogen) atoms. The summed E-state index contributed by atoms with van der Waals surface area (Å²) in [5, 5.41) is 7.52. The van der Waals surface area contributed by atoms with Gasteiger partial charge in [-0.3, -0.25) is 4.79 Å². The van der Waals surface area contributed by atoms with Gasteiger partial charge in [-0.05, 0) is 48.4 Å². The van der Waals surface area contributed by atoms with E-state index in [9.17, 15) is 4.79 Å². The zero-order chi connectivity index (χ0) is 25.8. The van der Waals surface area contributed by atoms with Crippen molar-refractivity contribution in [1.82, 2.24) is 20.0 Å². The maximum Gasteiger partial charge on any atom is 0.257 e. The van der Waals surface area contributed by atoms with Gasteiger partial charge >= 0.3 is 0 Å². The Bertz CT molecular complexity index is 1610. The first-order valence-electron chi connectivity index (χ1n) is 11.7. The van der Waals surface area contributed by atoms with Crippen molar-refractivity contribution in [2.75, 3.05) is 26.5 Å². The standard InChI is InChI=1S/C28H26N6O3/c1-36-20-13-11-18(12-14-20)15-16-30-28(35)24-25-27(33-22-9-5-4-8-21(22)32-25)34(26(24)29)31-17-19-7-3-6-10-23(19)37-2/h3-14,17H,15-16,29H2,1-2H3,(H,30,35). The molecule has 0 aliphatic heterocycles. The number of anilines is 1. The molecule has 3 N–H and O–H groups in total. The normalized spacial score (nSPS) is 11.3. The Labute approximate surface area is 213 Å². The first kappa shape index (κ1) is 23.8. The van der Waals surface area contributed by atoms with Crippen molar-refractivity contribution in [3.05, 3.63) is 89.5 Å². The minimum Gasteiger partial charge on any atom is -0.497 e. The molecule has 1 amide bonds. The molecular formula is C28H26N6O3. The Balaban J connectivity index is 1.50. The number of hydrogen-bond acceptors (Lipinski definition) is 7. The molecule has 9 heteroatoms. The van der Waals surface area contributed by atoms with Crippen LogP contribution >= 0.6 is 0 Å². The number of carbonyl (C=O) groups is 1. The third-order valence-electron chi connectivity index (χ3n) is 6.01. The fourth-order valence-electron chi connectivity index (χ4n) is 4.08. The number of fused-ring (bicyclic) bond motifs is 2. The third-order valence-corrected chi connectivity index (χ3v) is 6.01. The maximum atomic E-state index is 13.3. The second-order valence-electron chi connectivity index (χ2n) is 8.30. The number of para-hydroxylation sites is 3. The molecule has 2 aromatic heterocycles. The summed E-state index contributed by atoms with van der Waals surface area (Å²) in [7, 11) is 3.22. The van der Waals surface area contributed by atoms with E-state index in [0.717, 1.165) is 16.9 Å². The van der Waals surface area contributed by atoms with Crippen LogP contribution in [0.15, 0.2) is 77.9 Å². The van der Waals surface area contributed by atoms with Crippen LogP contribution in [0.3, 0.4) is 0 Å². The van der Waals surface area contributed by atoms with Crippen LogP contribution < -0.4 is 20.5 Å². The number of ether oxygens (including phenoxy) is 2. The quantitative estimate of drug-likeness (QED) is 0.315. The summed E-state index contributed by atoms with van der Waals surface area (Å²) in [6.07, 6.45) is 2.27. The van der Waals surface area contributed by atoms with Crippen LogP contribution in [0.2, 0.25) is 0 Å². The SMILES string of the molecule is COc1ccc(CCNC(=O)c2c(N)n(N=Cc3ccccc3OC)c3nc4ccccc4nc23)cc1. The molecule has 0 saturated heterocycles. The minimum atomic E-state index is -0.341. The number of amides is 1. The monoisotopic (exact) mass is 494 g/mol. The largest absolute Gasteiger partial charge is 0.497 e. The lowest BCUT2D eigenvalue weighted by atomic mass is 10.1. The minimum absolute atomic E-state index is 0.151. The lowest BCUT2D eigenvalue weighted by molar-refractivity contribution is 0.0956. The van der Waals surface area contributed by atoms with Crippen molar-refractivity contribution in [3.63, 3.8) is 0 Å². The highest BCUT2D eigenvalue weighted by Gasteiger charge is 2.24. The van der Waals surface area contributed by atoms with Crippen LogP contribution in [0.5, 0.6) is 11.5 Å². The van der Waals surface area contributed by atoms with Gasteiger partial charge in [0.25, 0.3) is 5.91 Å². The molecule has 0 aliphatic carbocycles. The number of hydrogen-bond donors (Lipinski definition) is 2. The number of nitrogens with two attached hydrogens (primary N) is 1. The summed E-state index contributed by atoms with van der Waals surface area (Å²) in [5.41, 5.74) is 10.7. The number of nitrogen functional groups attached to an aromatic ring is 1. The maximum absolute atomic E-state index is 13.3. The van der Waals surface area contributed by atoms with Gasteiger partial charge in [0.15, 0.2) is 5.65 Å². The predicted octanol–water partition coefficient (Wildman–Crippen LogP) is 4.04. The lowest BCUT2D eigenvalue weighted by Crippen LogP contribution is -2.26. The van der Waals surface area contributed by atoms with Crippen molar-refractivity contribution in [2.45, 2.75) is 6.42 Å². The fraction of sp³-hybridized carbons (Fsp3) is 0.143. The van der Waals surface area contributed by atoms with Crippen LogP contribution in [0.4, 0.5) is 5.82 Å². The average Bonchev–Trinajstić information content (AvgIpc) is 3.20. The van der Waals surface area contributed by atoms with Gasteiger partial charge in [-0.25, -0.2) is 9.97 Å². The van der Waals surface area contributed by atoms with Gasteiger partial charge in [-0.1, -0.05) is 36.4 Å². The van der Waals surface area contributed by atoms with Gasteiger partial charge < -0.3 is 20.5 Å². The van der Waals surface area contributed by atoms with E-state index in [0.29, 0.717) is 40.9 Å².